The number of nitrogens with two attached hydrogens (primary N) is 1. The lowest BCUT2D eigenvalue weighted by molar-refractivity contribution is -0.398. The molecule has 2 N–H and O–H groups in total. The average Bonchev–Trinajstić information content (AvgIpc) is 2.60. The SMILES string of the molecule is NC1=NC(=O)/C(=C/c2ccc([O-])c([N+](=O)[O-])c2)S1. The van der Waals surface area contributed by atoms with Crippen LogP contribution in [0.1, 0.15) is 5.56 Å². The Hall–Kier alpha value is -2.35. The Balaban J connectivity index is 2.37. The van der Waals surface area contributed by atoms with Crippen LogP contribution in [-0.4, -0.2) is 16.0 Å². The molecule has 18 heavy (non-hydrogen) atoms. The molecule has 8 heteroatoms. The van der Waals surface area contributed by atoms with Gasteiger partial charge in [-0.2, -0.15) is 4.99 Å². The van der Waals surface area contributed by atoms with Crippen molar-refractivity contribution in [3.63, 3.8) is 0 Å². The third-order valence-corrected chi connectivity index (χ3v) is 2.93. The van der Waals surface area contributed by atoms with Gasteiger partial charge in [-0.1, -0.05) is 12.1 Å². The molecule has 0 atom stereocenters. The highest BCUT2D eigenvalue weighted by Gasteiger charge is 2.19. The van der Waals surface area contributed by atoms with Crippen molar-refractivity contribution in [3.05, 3.63) is 38.8 Å². The van der Waals surface area contributed by atoms with Gasteiger partial charge in [-0.15, -0.1) is 0 Å². The Morgan fingerprint density at radius 2 is 2.17 bits per heavy atom. The molecule has 1 aromatic rings. The van der Waals surface area contributed by atoms with Crippen LogP contribution in [0.4, 0.5) is 5.69 Å². The van der Waals surface area contributed by atoms with Gasteiger partial charge in [0.15, 0.2) is 5.17 Å². The van der Waals surface area contributed by atoms with E-state index >= 15 is 0 Å². The fraction of sp³-hybridized carbons (Fsp3) is 0. The van der Waals surface area contributed by atoms with Crippen molar-refractivity contribution in [1.82, 2.24) is 0 Å². The fourth-order valence-corrected chi connectivity index (χ4v) is 2.03. The minimum absolute atomic E-state index is 0.126. The molecule has 1 heterocycles. The first-order valence-electron chi connectivity index (χ1n) is 4.71. The average molecular weight is 264 g/mol. The predicted octanol–water partition coefficient (Wildman–Crippen LogP) is 0.597. The van der Waals surface area contributed by atoms with Gasteiger partial charge in [-0.25, -0.2) is 0 Å². The Kier molecular flexibility index (Phi) is 3.02. The number of carbonyl (C=O) groups excluding carboxylic acids is 1. The first-order valence-corrected chi connectivity index (χ1v) is 5.52. The Labute approximate surface area is 105 Å². The van der Waals surface area contributed by atoms with Gasteiger partial charge >= 0.3 is 0 Å². The number of amidine groups is 1. The summed E-state index contributed by atoms with van der Waals surface area (Å²) in [5.41, 5.74) is 5.21. The van der Waals surface area contributed by atoms with Crippen LogP contribution in [0.15, 0.2) is 28.1 Å². The van der Waals surface area contributed by atoms with Crippen molar-refractivity contribution < 1.29 is 14.8 Å². The second-order valence-electron chi connectivity index (χ2n) is 3.35. The van der Waals surface area contributed by atoms with Crippen molar-refractivity contribution in [2.45, 2.75) is 0 Å². The number of amides is 1. The van der Waals surface area contributed by atoms with Gasteiger partial charge in [0.2, 0.25) is 0 Å². The number of hydrogen-bond acceptors (Lipinski definition) is 6. The second kappa shape index (κ2) is 4.49. The molecule has 0 unspecified atom stereocenters. The van der Waals surface area contributed by atoms with E-state index in [0.29, 0.717) is 5.56 Å². The van der Waals surface area contributed by atoms with Gasteiger partial charge in [-0.3, -0.25) is 14.9 Å². The standard InChI is InChI=1S/C10H7N3O4S/c11-10-12-9(15)8(18-10)4-5-1-2-7(14)6(3-5)13(16)17/h1-4,14H,(H2,11,12,15)/p-1/b8-4-. The number of nitro groups is 1. The Bertz CT molecular complexity index is 609. The van der Waals surface area contributed by atoms with Crippen LogP contribution in [0.25, 0.3) is 6.08 Å². The maximum absolute atomic E-state index is 11.3. The fourth-order valence-electron chi connectivity index (χ4n) is 1.34. The van der Waals surface area contributed by atoms with Crippen LogP contribution in [0.2, 0.25) is 0 Å². The maximum Gasteiger partial charge on any atom is 0.286 e. The number of benzene rings is 1. The molecule has 0 aromatic heterocycles. The molecule has 92 valence electrons. The normalized spacial score (nSPS) is 17.0. The summed E-state index contributed by atoms with van der Waals surface area (Å²) in [5, 5.41) is 21.9. The van der Waals surface area contributed by atoms with Crippen LogP contribution in [-0.2, 0) is 4.79 Å². The Morgan fingerprint density at radius 1 is 1.44 bits per heavy atom. The second-order valence-corrected chi connectivity index (χ2v) is 4.41. The predicted molar refractivity (Wildman–Crippen MR) is 64.7 cm³/mol. The van der Waals surface area contributed by atoms with Crippen molar-refractivity contribution >= 4 is 34.6 Å². The van der Waals surface area contributed by atoms with Gasteiger partial charge in [0, 0.05) is 6.07 Å². The molecule has 2 rings (SSSR count). The van der Waals surface area contributed by atoms with E-state index in [1.807, 2.05) is 0 Å². The smallest absolute Gasteiger partial charge is 0.286 e. The minimum Gasteiger partial charge on any atom is -0.868 e. The summed E-state index contributed by atoms with van der Waals surface area (Å²) in [6.07, 6.45) is 1.41. The molecule has 1 aliphatic rings. The molecule has 0 spiro atoms. The number of aliphatic imine (C=N–C) groups is 1. The molecule has 0 fully saturated rings. The van der Waals surface area contributed by atoms with E-state index in [2.05, 4.69) is 4.99 Å². The quantitative estimate of drug-likeness (QED) is 0.474. The van der Waals surface area contributed by atoms with Crippen molar-refractivity contribution in [1.29, 1.82) is 0 Å². The molecule has 7 nitrogen and oxygen atoms in total. The van der Waals surface area contributed by atoms with E-state index in [-0.39, 0.29) is 10.1 Å². The lowest BCUT2D eigenvalue weighted by Gasteiger charge is -2.06. The molecular weight excluding hydrogens is 258 g/mol. The number of rotatable bonds is 2. The molecule has 0 aliphatic carbocycles. The zero-order valence-electron chi connectivity index (χ0n) is 8.82. The van der Waals surface area contributed by atoms with Crippen molar-refractivity contribution in [2.24, 2.45) is 10.7 Å². The van der Waals surface area contributed by atoms with Crippen LogP contribution in [0.3, 0.4) is 0 Å². The number of nitro benzene ring substituents is 1. The van der Waals surface area contributed by atoms with Crippen LogP contribution in [0.5, 0.6) is 5.75 Å². The summed E-state index contributed by atoms with van der Waals surface area (Å²) in [5.74, 6) is -1.17. The first-order chi connectivity index (χ1) is 8.47. The van der Waals surface area contributed by atoms with E-state index < -0.39 is 22.3 Å². The van der Waals surface area contributed by atoms with E-state index in [0.717, 1.165) is 23.9 Å². The number of carbonyl (C=O) groups is 1. The van der Waals surface area contributed by atoms with Crippen LogP contribution < -0.4 is 10.8 Å². The van der Waals surface area contributed by atoms with E-state index in [1.165, 1.54) is 12.1 Å². The monoisotopic (exact) mass is 264 g/mol. The van der Waals surface area contributed by atoms with Crippen molar-refractivity contribution in [3.8, 4) is 5.75 Å². The number of nitrogens with zero attached hydrogens (tertiary/aromatic N) is 2. The topological polar surface area (TPSA) is 122 Å². The van der Waals surface area contributed by atoms with Gasteiger partial charge in [-0.05, 0) is 29.2 Å². The molecule has 1 aliphatic heterocycles. The molecule has 0 saturated carbocycles. The molecule has 0 saturated heterocycles. The Morgan fingerprint density at radius 3 is 2.72 bits per heavy atom. The molecule has 0 bridgehead atoms. The third kappa shape index (κ3) is 2.33. The van der Waals surface area contributed by atoms with Gasteiger partial charge in [0.25, 0.3) is 11.6 Å². The summed E-state index contributed by atoms with van der Waals surface area (Å²) in [4.78, 5) is 24.9. The largest absolute Gasteiger partial charge is 0.868 e. The number of hydrogen-bond donors (Lipinski definition) is 1. The highest BCUT2D eigenvalue weighted by atomic mass is 32.2. The van der Waals surface area contributed by atoms with E-state index in [1.54, 1.807) is 0 Å². The summed E-state index contributed by atoms with van der Waals surface area (Å²) in [6, 6.07) is 3.58. The minimum atomic E-state index is -0.765. The molecular formula is C10H6N3O4S-. The van der Waals surface area contributed by atoms with Gasteiger partial charge in [0.05, 0.1) is 9.83 Å². The van der Waals surface area contributed by atoms with Gasteiger partial charge in [0.1, 0.15) is 0 Å². The van der Waals surface area contributed by atoms with E-state index in [9.17, 15) is 20.0 Å². The summed E-state index contributed by atoms with van der Waals surface area (Å²) in [7, 11) is 0. The lowest BCUT2D eigenvalue weighted by atomic mass is 10.1. The highest BCUT2D eigenvalue weighted by Crippen LogP contribution is 2.29. The number of thioether (sulfide) groups is 1. The van der Waals surface area contributed by atoms with Crippen molar-refractivity contribution in [2.75, 3.05) is 0 Å². The first kappa shape index (κ1) is 12.1. The van der Waals surface area contributed by atoms with Gasteiger partial charge < -0.3 is 10.8 Å². The third-order valence-electron chi connectivity index (χ3n) is 2.11. The van der Waals surface area contributed by atoms with Crippen LogP contribution in [0, 0.1) is 10.1 Å². The zero-order chi connectivity index (χ0) is 13.3. The van der Waals surface area contributed by atoms with Crippen LogP contribution >= 0.6 is 11.8 Å². The summed E-state index contributed by atoms with van der Waals surface area (Å²) in [6.45, 7) is 0. The van der Waals surface area contributed by atoms with E-state index in [4.69, 9.17) is 5.73 Å². The zero-order valence-corrected chi connectivity index (χ0v) is 9.64. The molecule has 0 radical (unpaired) electrons. The molecule has 1 aromatic carbocycles. The molecule has 1 amide bonds. The highest BCUT2D eigenvalue weighted by molar-refractivity contribution is 8.18. The summed E-state index contributed by atoms with van der Waals surface area (Å²) >= 11 is 0.978. The summed E-state index contributed by atoms with van der Waals surface area (Å²) < 4.78 is 0. The lowest BCUT2D eigenvalue weighted by Crippen LogP contribution is -2.01. The maximum atomic E-state index is 11.3.